The van der Waals surface area contributed by atoms with Gasteiger partial charge >= 0.3 is 5.97 Å². The van der Waals surface area contributed by atoms with Crippen molar-refractivity contribution >= 4 is 22.8 Å². The van der Waals surface area contributed by atoms with E-state index in [0.29, 0.717) is 23.8 Å². The number of fused-ring (bicyclic) bond motifs is 3. The fraction of sp³-hybridized carbons (Fsp3) is 0.167. The second-order valence-electron chi connectivity index (χ2n) is 7.68. The number of aromatic carboxylic acids is 1. The molecule has 3 heterocycles. The molecular weight excluding hydrogens is 390 g/mol. The SMILES string of the molecule is Cc1nc(N2CCc3[nH]c4ccc(-c5cccc(C#N)c5)cc4c3C2)ncc1C(=O)O. The van der Waals surface area contributed by atoms with E-state index in [1.165, 1.54) is 17.5 Å². The first-order valence-corrected chi connectivity index (χ1v) is 9.99. The number of benzene rings is 2. The number of aryl methyl sites for hydroxylation is 1. The number of aromatic nitrogens is 3. The highest BCUT2D eigenvalue weighted by Gasteiger charge is 2.23. The molecule has 152 valence electrons. The van der Waals surface area contributed by atoms with Gasteiger partial charge in [0.1, 0.15) is 0 Å². The minimum atomic E-state index is -1.02. The van der Waals surface area contributed by atoms with Gasteiger partial charge in [0, 0.05) is 47.9 Å². The topological polar surface area (TPSA) is 106 Å². The number of anilines is 1. The number of carbonyl (C=O) groups is 1. The lowest BCUT2D eigenvalue weighted by Crippen LogP contribution is -2.31. The normalized spacial score (nSPS) is 13.1. The van der Waals surface area contributed by atoms with Crippen LogP contribution in [0.1, 0.15) is 32.9 Å². The van der Waals surface area contributed by atoms with E-state index < -0.39 is 5.97 Å². The van der Waals surface area contributed by atoms with Crippen LogP contribution in [0.4, 0.5) is 5.95 Å². The summed E-state index contributed by atoms with van der Waals surface area (Å²) < 4.78 is 0. The highest BCUT2D eigenvalue weighted by molar-refractivity contribution is 5.90. The zero-order valence-corrected chi connectivity index (χ0v) is 16.9. The van der Waals surface area contributed by atoms with Gasteiger partial charge in [-0.25, -0.2) is 14.8 Å². The summed E-state index contributed by atoms with van der Waals surface area (Å²) in [6.45, 7) is 3.09. The largest absolute Gasteiger partial charge is 0.478 e. The van der Waals surface area contributed by atoms with Crippen molar-refractivity contribution in [1.82, 2.24) is 15.0 Å². The van der Waals surface area contributed by atoms with E-state index in [2.05, 4.69) is 44.1 Å². The summed E-state index contributed by atoms with van der Waals surface area (Å²) in [4.78, 5) is 25.6. The summed E-state index contributed by atoms with van der Waals surface area (Å²) in [6, 6.07) is 16.1. The maximum absolute atomic E-state index is 11.3. The Morgan fingerprint density at radius 1 is 1.23 bits per heavy atom. The first-order chi connectivity index (χ1) is 15.0. The summed E-state index contributed by atoms with van der Waals surface area (Å²) in [7, 11) is 0. The third kappa shape index (κ3) is 3.28. The Bertz CT molecular complexity index is 1380. The van der Waals surface area contributed by atoms with Crippen molar-refractivity contribution in [3.8, 4) is 17.2 Å². The first kappa shape index (κ1) is 18.8. The van der Waals surface area contributed by atoms with Gasteiger partial charge in [0.15, 0.2) is 0 Å². The summed E-state index contributed by atoms with van der Waals surface area (Å²) in [6.07, 6.45) is 2.21. The molecule has 31 heavy (non-hydrogen) atoms. The van der Waals surface area contributed by atoms with Crippen molar-refractivity contribution in [2.75, 3.05) is 11.4 Å². The Balaban J connectivity index is 1.52. The zero-order valence-electron chi connectivity index (χ0n) is 16.9. The number of nitrogens with zero attached hydrogens (tertiary/aromatic N) is 4. The van der Waals surface area contributed by atoms with Crippen LogP contribution in [0.3, 0.4) is 0 Å². The maximum Gasteiger partial charge on any atom is 0.339 e. The fourth-order valence-electron chi connectivity index (χ4n) is 4.15. The highest BCUT2D eigenvalue weighted by atomic mass is 16.4. The molecule has 1 aliphatic rings. The van der Waals surface area contributed by atoms with Crippen LogP contribution in [-0.2, 0) is 13.0 Å². The quantitative estimate of drug-likeness (QED) is 0.528. The first-order valence-electron chi connectivity index (χ1n) is 9.99. The molecule has 0 saturated carbocycles. The standard InChI is InChI=1S/C24H19N5O2/c1-14-19(23(30)31)12-26-24(27-14)29-8-7-22-20(13-29)18-10-17(5-6-21(18)28-22)16-4-2-3-15(9-16)11-25/h2-6,9-10,12,28H,7-8,13H2,1H3,(H,30,31). The van der Waals surface area contributed by atoms with E-state index in [4.69, 9.17) is 0 Å². The molecule has 5 rings (SSSR count). The van der Waals surface area contributed by atoms with Crippen molar-refractivity contribution in [1.29, 1.82) is 5.26 Å². The van der Waals surface area contributed by atoms with Crippen LogP contribution >= 0.6 is 0 Å². The minimum Gasteiger partial charge on any atom is -0.478 e. The van der Waals surface area contributed by atoms with Gasteiger partial charge in [-0.1, -0.05) is 18.2 Å². The number of hydrogen-bond donors (Lipinski definition) is 2. The van der Waals surface area contributed by atoms with Crippen LogP contribution < -0.4 is 4.90 Å². The van der Waals surface area contributed by atoms with Gasteiger partial charge in [-0.15, -0.1) is 0 Å². The lowest BCUT2D eigenvalue weighted by Gasteiger charge is -2.27. The van der Waals surface area contributed by atoms with E-state index in [9.17, 15) is 15.2 Å². The van der Waals surface area contributed by atoms with Crippen LogP contribution in [0.25, 0.3) is 22.0 Å². The average molecular weight is 409 g/mol. The van der Waals surface area contributed by atoms with Crippen molar-refractivity contribution in [2.45, 2.75) is 19.9 Å². The second kappa shape index (κ2) is 7.26. The van der Waals surface area contributed by atoms with Gasteiger partial charge in [0.05, 0.1) is 22.9 Å². The Morgan fingerprint density at radius 3 is 2.84 bits per heavy atom. The van der Waals surface area contributed by atoms with Crippen LogP contribution in [0.15, 0.2) is 48.7 Å². The Hall–Kier alpha value is -4.18. The molecule has 7 heteroatoms. The molecule has 7 nitrogen and oxygen atoms in total. The molecule has 2 aromatic heterocycles. The van der Waals surface area contributed by atoms with Crippen molar-refractivity contribution in [2.24, 2.45) is 0 Å². The number of nitriles is 1. The molecule has 0 aliphatic carbocycles. The molecular formula is C24H19N5O2. The minimum absolute atomic E-state index is 0.123. The highest BCUT2D eigenvalue weighted by Crippen LogP contribution is 2.32. The molecule has 1 aliphatic heterocycles. The van der Waals surface area contributed by atoms with Crippen LogP contribution in [-0.4, -0.2) is 32.6 Å². The zero-order chi connectivity index (χ0) is 21.5. The Kier molecular flexibility index (Phi) is 4.41. The Morgan fingerprint density at radius 2 is 2.06 bits per heavy atom. The summed E-state index contributed by atoms with van der Waals surface area (Å²) in [5, 5.41) is 19.6. The van der Waals surface area contributed by atoms with Crippen LogP contribution in [0.2, 0.25) is 0 Å². The lowest BCUT2D eigenvalue weighted by atomic mass is 9.99. The van der Waals surface area contributed by atoms with Crippen LogP contribution in [0, 0.1) is 18.3 Å². The molecule has 0 bridgehead atoms. The predicted octanol–water partition coefficient (Wildman–Crippen LogP) is 4.07. The fourth-order valence-corrected chi connectivity index (χ4v) is 4.15. The van der Waals surface area contributed by atoms with Crippen molar-refractivity contribution in [3.05, 3.63) is 76.7 Å². The molecule has 0 amide bonds. The molecule has 0 spiro atoms. The van der Waals surface area contributed by atoms with E-state index >= 15 is 0 Å². The smallest absolute Gasteiger partial charge is 0.339 e. The van der Waals surface area contributed by atoms with Crippen molar-refractivity contribution < 1.29 is 9.90 Å². The van der Waals surface area contributed by atoms with E-state index in [0.717, 1.165) is 35.0 Å². The number of H-pyrrole nitrogens is 1. The summed E-state index contributed by atoms with van der Waals surface area (Å²) in [5.74, 6) is -0.477. The third-order valence-corrected chi connectivity index (χ3v) is 5.78. The van der Waals surface area contributed by atoms with Gasteiger partial charge in [0.25, 0.3) is 0 Å². The van der Waals surface area contributed by atoms with Crippen molar-refractivity contribution in [3.63, 3.8) is 0 Å². The predicted molar refractivity (Wildman–Crippen MR) is 117 cm³/mol. The van der Waals surface area contributed by atoms with Gasteiger partial charge in [-0.05, 0) is 42.3 Å². The van der Waals surface area contributed by atoms with Gasteiger partial charge in [-0.3, -0.25) is 0 Å². The molecule has 0 radical (unpaired) electrons. The van der Waals surface area contributed by atoms with E-state index in [1.54, 1.807) is 13.0 Å². The molecule has 2 aromatic carbocycles. The molecule has 4 aromatic rings. The van der Waals surface area contributed by atoms with Gasteiger partial charge in [-0.2, -0.15) is 5.26 Å². The van der Waals surface area contributed by atoms with Gasteiger partial charge in [0.2, 0.25) is 5.95 Å². The van der Waals surface area contributed by atoms with Crippen LogP contribution in [0.5, 0.6) is 0 Å². The summed E-state index contributed by atoms with van der Waals surface area (Å²) >= 11 is 0. The third-order valence-electron chi connectivity index (χ3n) is 5.78. The molecule has 0 unspecified atom stereocenters. The lowest BCUT2D eigenvalue weighted by molar-refractivity contribution is 0.0695. The summed E-state index contributed by atoms with van der Waals surface area (Å²) in [5.41, 5.74) is 6.76. The average Bonchev–Trinajstić information content (AvgIpc) is 3.16. The second-order valence-corrected chi connectivity index (χ2v) is 7.68. The number of rotatable bonds is 3. The van der Waals surface area contributed by atoms with E-state index in [-0.39, 0.29) is 5.56 Å². The molecule has 0 atom stereocenters. The molecule has 2 N–H and O–H groups in total. The number of carboxylic acids is 1. The number of carboxylic acid groups (broad SMARTS) is 1. The van der Waals surface area contributed by atoms with Gasteiger partial charge < -0.3 is 15.0 Å². The number of aromatic amines is 1. The monoisotopic (exact) mass is 409 g/mol. The Labute approximate surface area is 178 Å². The maximum atomic E-state index is 11.3. The molecule has 0 fully saturated rings. The number of hydrogen-bond acceptors (Lipinski definition) is 5. The van der Waals surface area contributed by atoms with E-state index in [1.807, 2.05) is 18.2 Å². The number of nitrogens with one attached hydrogen (secondary N) is 1. The molecule has 0 saturated heterocycles.